The minimum Gasteiger partial charge on any atom is -0.352 e. The molecular weight excluding hydrogens is 476 g/mol. The molecule has 8 nitrogen and oxygen atoms in total. The Labute approximate surface area is 215 Å². The van der Waals surface area contributed by atoms with Gasteiger partial charge in [0, 0.05) is 43.8 Å². The molecule has 198 valence electrons. The summed E-state index contributed by atoms with van der Waals surface area (Å²) in [5.41, 5.74) is 0.0881. The number of aromatic nitrogens is 1. The maximum Gasteiger partial charge on any atom is 0.256 e. The van der Waals surface area contributed by atoms with E-state index in [0.29, 0.717) is 37.7 Å². The van der Waals surface area contributed by atoms with Gasteiger partial charge in [-0.1, -0.05) is 39.2 Å². The standard InChI is InChI=1S/C27H40N4O4S/c1-5-17-30-20-24(27(33)28-16-11-18-29(4)21-12-9-8-10-13-21)26(32)23-19-22(14-15-25(23)30)36(34,35)31(6-2)7-3/h5,14-15,19-21H,1,6-13,16-18H2,2-4H3,(H,28,33). The smallest absolute Gasteiger partial charge is 0.256 e. The van der Waals surface area contributed by atoms with Gasteiger partial charge >= 0.3 is 0 Å². The van der Waals surface area contributed by atoms with Crippen LogP contribution in [-0.2, 0) is 16.6 Å². The van der Waals surface area contributed by atoms with Crippen molar-refractivity contribution in [1.29, 1.82) is 0 Å². The monoisotopic (exact) mass is 516 g/mol. The summed E-state index contributed by atoms with van der Waals surface area (Å²) < 4.78 is 29.2. The van der Waals surface area contributed by atoms with Gasteiger partial charge in [0.15, 0.2) is 0 Å². The van der Waals surface area contributed by atoms with Crippen molar-refractivity contribution in [3.05, 3.63) is 52.8 Å². The van der Waals surface area contributed by atoms with E-state index in [1.54, 1.807) is 30.6 Å². The Bertz CT molecular complexity index is 1230. The first-order valence-electron chi connectivity index (χ1n) is 13.0. The molecule has 1 N–H and O–H groups in total. The summed E-state index contributed by atoms with van der Waals surface area (Å²) in [7, 11) is -1.61. The number of hydrogen-bond acceptors (Lipinski definition) is 5. The lowest BCUT2D eigenvalue weighted by atomic mass is 9.94. The molecule has 1 aliphatic rings. The summed E-state index contributed by atoms with van der Waals surface area (Å²) in [6, 6.07) is 5.14. The second-order valence-corrected chi connectivity index (χ2v) is 11.4. The van der Waals surface area contributed by atoms with Crippen LogP contribution in [0.4, 0.5) is 0 Å². The first-order valence-corrected chi connectivity index (χ1v) is 14.4. The van der Waals surface area contributed by atoms with Gasteiger partial charge in [-0.3, -0.25) is 9.59 Å². The number of rotatable bonds is 12. The highest BCUT2D eigenvalue weighted by molar-refractivity contribution is 7.89. The molecule has 0 aliphatic heterocycles. The maximum atomic E-state index is 13.3. The minimum absolute atomic E-state index is 0.00220. The third kappa shape index (κ3) is 6.25. The average Bonchev–Trinajstić information content (AvgIpc) is 2.88. The average molecular weight is 517 g/mol. The van der Waals surface area contributed by atoms with E-state index in [2.05, 4.69) is 23.8 Å². The zero-order chi connectivity index (χ0) is 26.3. The lowest BCUT2D eigenvalue weighted by Gasteiger charge is -2.31. The molecule has 0 radical (unpaired) electrons. The molecule has 1 amide bonds. The predicted octanol–water partition coefficient (Wildman–Crippen LogP) is 3.60. The largest absolute Gasteiger partial charge is 0.352 e. The van der Waals surface area contributed by atoms with Gasteiger partial charge < -0.3 is 14.8 Å². The molecule has 3 rings (SSSR count). The number of carbonyl (C=O) groups excluding carboxylic acids is 1. The normalized spacial score (nSPS) is 15.0. The van der Waals surface area contributed by atoms with Crippen LogP contribution in [0.2, 0.25) is 0 Å². The maximum absolute atomic E-state index is 13.3. The minimum atomic E-state index is -3.74. The number of fused-ring (bicyclic) bond motifs is 1. The van der Waals surface area contributed by atoms with Crippen LogP contribution in [-0.4, -0.2) is 67.4 Å². The lowest BCUT2D eigenvalue weighted by molar-refractivity contribution is 0.0949. The van der Waals surface area contributed by atoms with Crippen LogP contribution in [0.15, 0.2) is 46.7 Å². The fourth-order valence-corrected chi connectivity index (χ4v) is 6.52. The van der Waals surface area contributed by atoms with E-state index in [0.717, 1.165) is 13.0 Å². The Morgan fingerprint density at radius 1 is 1.19 bits per heavy atom. The van der Waals surface area contributed by atoms with Crippen molar-refractivity contribution in [3.8, 4) is 0 Å². The number of amides is 1. The molecule has 0 saturated heterocycles. The molecular formula is C27H40N4O4S. The summed E-state index contributed by atoms with van der Waals surface area (Å²) in [5, 5.41) is 3.09. The van der Waals surface area contributed by atoms with E-state index in [4.69, 9.17) is 0 Å². The van der Waals surface area contributed by atoms with Crippen molar-refractivity contribution in [2.45, 2.75) is 69.9 Å². The number of pyridine rings is 1. The van der Waals surface area contributed by atoms with Gasteiger partial charge in [0.2, 0.25) is 15.5 Å². The molecule has 0 atom stereocenters. The van der Waals surface area contributed by atoms with Gasteiger partial charge in [-0.05, 0) is 51.1 Å². The van der Waals surface area contributed by atoms with Crippen LogP contribution in [0.1, 0.15) is 62.7 Å². The van der Waals surface area contributed by atoms with Crippen molar-refractivity contribution < 1.29 is 13.2 Å². The second-order valence-electron chi connectivity index (χ2n) is 9.46. The van der Waals surface area contributed by atoms with E-state index < -0.39 is 21.4 Å². The molecule has 1 aromatic carbocycles. The number of nitrogens with zero attached hydrogens (tertiary/aromatic N) is 3. The number of benzene rings is 1. The van der Waals surface area contributed by atoms with E-state index in [1.165, 1.54) is 54.7 Å². The zero-order valence-electron chi connectivity index (χ0n) is 21.8. The fourth-order valence-electron chi connectivity index (χ4n) is 5.03. The van der Waals surface area contributed by atoms with Crippen molar-refractivity contribution in [1.82, 2.24) is 19.1 Å². The number of hydrogen-bond donors (Lipinski definition) is 1. The van der Waals surface area contributed by atoms with Crippen LogP contribution < -0.4 is 10.7 Å². The third-order valence-corrected chi connectivity index (χ3v) is 9.18. The number of carbonyl (C=O) groups is 1. The lowest BCUT2D eigenvalue weighted by Crippen LogP contribution is -2.36. The summed E-state index contributed by atoms with van der Waals surface area (Å²) in [6.07, 6.45) is 10.3. The van der Waals surface area contributed by atoms with Gasteiger partial charge in [0.1, 0.15) is 5.56 Å². The molecule has 0 unspecified atom stereocenters. The van der Waals surface area contributed by atoms with Crippen LogP contribution in [0, 0.1) is 0 Å². The Morgan fingerprint density at radius 2 is 1.89 bits per heavy atom. The van der Waals surface area contributed by atoms with Crippen molar-refractivity contribution in [2.75, 3.05) is 33.2 Å². The second kappa shape index (κ2) is 12.7. The zero-order valence-corrected chi connectivity index (χ0v) is 22.6. The predicted molar refractivity (Wildman–Crippen MR) is 145 cm³/mol. The highest BCUT2D eigenvalue weighted by atomic mass is 32.2. The number of nitrogens with one attached hydrogen (secondary N) is 1. The van der Waals surface area contributed by atoms with Crippen LogP contribution >= 0.6 is 0 Å². The van der Waals surface area contributed by atoms with Gasteiger partial charge in [-0.2, -0.15) is 4.31 Å². The summed E-state index contributed by atoms with van der Waals surface area (Å²) >= 11 is 0. The van der Waals surface area contributed by atoms with E-state index in [9.17, 15) is 18.0 Å². The number of sulfonamides is 1. The van der Waals surface area contributed by atoms with Crippen molar-refractivity contribution >= 4 is 26.8 Å². The van der Waals surface area contributed by atoms with Gasteiger partial charge in [0.25, 0.3) is 5.91 Å². The van der Waals surface area contributed by atoms with E-state index in [1.807, 2.05) is 0 Å². The molecule has 1 heterocycles. The molecule has 1 aliphatic carbocycles. The Kier molecular flexibility index (Phi) is 9.87. The topological polar surface area (TPSA) is 91.7 Å². The van der Waals surface area contributed by atoms with E-state index >= 15 is 0 Å². The molecule has 2 aromatic rings. The first kappa shape index (κ1) is 28.1. The third-order valence-electron chi connectivity index (χ3n) is 7.14. The van der Waals surface area contributed by atoms with Crippen LogP contribution in [0.25, 0.3) is 10.9 Å². The first-order chi connectivity index (χ1) is 17.2. The molecule has 1 fully saturated rings. The SMILES string of the molecule is C=CCn1cc(C(=O)NCCCN(C)C2CCCCC2)c(=O)c2cc(S(=O)(=O)N(CC)CC)ccc21. The van der Waals surface area contributed by atoms with Crippen molar-refractivity contribution in [3.63, 3.8) is 0 Å². The van der Waals surface area contributed by atoms with Gasteiger partial charge in [0.05, 0.1) is 10.4 Å². The highest BCUT2D eigenvalue weighted by Crippen LogP contribution is 2.22. The summed E-state index contributed by atoms with van der Waals surface area (Å²) in [5.74, 6) is -0.447. The Morgan fingerprint density at radius 3 is 2.53 bits per heavy atom. The fraction of sp³-hybridized carbons (Fsp3) is 0.556. The van der Waals surface area contributed by atoms with Crippen molar-refractivity contribution in [2.24, 2.45) is 0 Å². The van der Waals surface area contributed by atoms with Gasteiger partial charge in [-0.15, -0.1) is 6.58 Å². The molecule has 1 saturated carbocycles. The van der Waals surface area contributed by atoms with Crippen LogP contribution in [0.3, 0.4) is 0 Å². The highest BCUT2D eigenvalue weighted by Gasteiger charge is 2.24. The van der Waals surface area contributed by atoms with E-state index in [-0.39, 0.29) is 15.8 Å². The molecule has 1 aromatic heterocycles. The summed E-state index contributed by atoms with van der Waals surface area (Å²) in [6.45, 7) is 9.70. The quantitative estimate of drug-likeness (QED) is 0.344. The summed E-state index contributed by atoms with van der Waals surface area (Å²) in [4.78, 5) is 28.8. The Hall–Kier alpha value is -2.49. The van der Waals surface area contributed by atoms with Gasteiger partial charge in [-0.25, -0.2) is 8.42 Å². The Balaban J connectivity index is 1.82. The molecule has 9 heteroatoms. The molecule has 0 spiro atoms. The molecule has 0 bridgehead atoms. The molecule has 36 heavy (non-hydrogen) atoms. The van der Waals surface area contributed by atoms with Crippen LogP contribution in [0.5, 0.6) is 0 Å². The number of allylic oxidation sites excluding steroid dienone is 1.